The fraction of sp³-hybridized carbons (Fsp3) is 1.00. The van der Waals surface area contributed by atoms with Crippen molar-refractivity contribution >= 4 is 21.0 Å². The van der Waals surface area contributed by atoms with E-state index in [-0.39, 0.29) is 0 Å². The number of hydrogen-bond acceptors (Lipinski definition) is 2. The SMILES string of the molecule is CC(C)CCCCC1CC[S+]([O-])S1. The summed E-state index contributed by atoms with van der Waals surface area (Å²) in [4.78, 5) is 0. The molecule has 0 bridgehead atoms. The third kappa shape index (κ3) is 5.18. The van der Waals surface area contributed by atoms with Gasteiger partial charge in [-0.25, -0.2) is 0 Å². The van der Waals surface area contributed by atoms with Crippen LogP contribution in [0.4, 0.5) is 0 Å². The molecule has 2 atom stereocenters. The molecular formula is C10H20OS2. The van der Waals surface area contributed by atoms with Crippen LogP contribution in [0.1, 0.15) is 46.0 Å². The molecule has 2 unspecified atom stereocenters. The zero-order valence-corrected chi connectivity index (χ0v) is 10.3. The predicted molar refractivity (Wildman–Crippen MR) is 62.3 cm³/mol. The minimum atomic E-state index is -0.550. The highest BCUT2D eigenvalue weighted by Crippen LogP contribution is 2.34. The van der Waals surface area contributed by atoms with Crippen molar-refractivity contribution in [3.63, 3.8) is 0 Å². The molecule has 1 aliphatic rings. The molecule has 0 aromatic rings. The maximum absolute atomic E-state index is 11.1. The van der Waals surface area contributed by atoms with Gasteiger partial charge in [-0.2, -0.15) is 0 Å². The molecule has 1 nitrogen and oxygen atoms in total. The lowest BCUT2D eigenvalue weighted by atomic mass is 10.0. The number of rotatable bonds is 5. The molecule has 0 amide bonds. The topological polar surface area (TPSA) is 23.1 Å². The summed E-state index contributed by atoms with van der Waals surface area (Å²) in [6.45, 7) is 4.55. The molecule has 13 heavy (non-hydrogen) atoms. The first kappa shape index (κ1) is 11.7. The molecule has 0 radical (unpaired) electrons. The largest absolute Gasteiger partial charge is 0.605 e. The monoisotopic (exact) mass is 220 g/mol. The summed E-state index contributed by atoms with van der Waals surface area (Å²) in [5, 5.41) is 0.702. The molecule has 1 rings (SSSR count). The maximum Gasteiger partial charge on any atom is 0.119 e. The van der Waals surface area contributed by atoms with Crippen LogP contribution in [-0.4, -0.2) is 15.6 Å². The van der Waals surface area contributed by atoms with Gasteiger partial charge in [-0.15, -0.1) is 0 Å². The molecule has 1 aliphatic heterocycles. The summed E-state index contributed by atoms with van der Waals surface area (Å²) in [6.07, 6.45) is 6.48. The van der Waals surface area contributed by atoms with E-state index in [9.17, 15) is 4.55 Å². The number of hydrogen-bond donors (Lipinski definition) is 0. The van der Waals surface area contributed by atoms with Crippen LogP contribution >= 0.6 is 10.8 Å². The van der Waals surface area contributed by atoms with Gasteiger partial charge in [-0.05, 0) is 12.3 Å². The van der Waals surface area contributed by atoms with Gasteiger partial charge in [0.05, 0.1) is 16.0 Å². The van der Waals surface area contributed by atoms with Gasteiger partial charge in [0.1, 0.15) is 5.75 Å². The molecule has 3 heteroatoms. The van der Waals surface area contributed by atoms with Crippen LogP contribution < -0.4 is 0 Å². The Morgan fingerprint density at radius 2 is 2.23 bits per heavy atom. The highest BCUT2D eigenvalue weighted by atomic mass is 33.1. The summed E-state index contributed by atoms with van der Waals surface area (Å²) in [5.41, 5.74) is 0. The van der Waals surface area contributed by atoms with Crippen molar-refractivity contribution in [3.05, 3.63) is 0 Å². The van der Waals surface area contributed by atoms with Gasteiger partial charge in [0.25, 0.3) is 0 Å². The second kappa shape index (κ2) is 6.20. The molecule has 78 valence electrons. The molecule has 1 fully saturated rings. The summed E-state index contributed by atoms with van der Waals surface area (Å²) >= 11 is 0. The average Bonchev–Trinajstić information content (AvgIpc) is 2.45. The minimum absolute atomic E-state index is 0.550. The molecule has 0 saturated carbocycles. The lowest BCUT2D eigenvalue weighted by Crippen LogP contribution is -1.97. The number of unbranched alkanes of at least 4 members (excludes halogenated alkanes) is 1. The van der Waals surface area contributed by atoms with E-state index < -0.39 is 10.2 Å². The third-order valence-electron chi connectivity index (χ3n) is 2.41. The maximum atomic E-state index is 11.1. The standard InChI is InChI=1S/C10H20OS2/c1-9(2)5-3-4-6-10-7-8-13(11)12-10/h9-10H,3-8H2,1-2H3. The van der Waals surface area contributed by atoms with Crippen molar-refractivity contribution in [1.29, 1.82) is 0 Å². The fourth-order valence-electron chi connectivity index (χ4n) is 1.59. The van der Waals surface area contributed by atoms with Crippen LogP contribution in [0.2, 0.25) is 0 Å². The predicted octanol–water partition coefficient (Wildman–Crippen LogP) is 3.37. The Hall–Kier alpha value is 0.660. The molecule has 0 aliphatic carbocycles. The van der Waals surface area contributed by atoms with Gasteiger partial charge in [0, 0.05) is 16.6 Å². The van der Waals surface area contributed by atoms with E-state index in [0.29, 0.717) is 5.25 Å². The van der Waals surface area contributed by atoms with Gasteiger partial charge in [0.2, 0.25) is 0 Å². The Labute approximate surface area is 88.6 Å². The molecule has 0 aromatic carbocycles. The molecule has 0 aromatic heterocycles. The van der Waals surface area contributed by atoms with Crippen LogP contribution in [0.15, 0.2) is 0 Å². The lowest BCUT2D eigenvalue weighted by molar-refractivity contribution is 0.522. The first-order valence-electron chi connectivity index (χ1n) is 5.24. The molecule has 0 spiro atoms. The van der Waals surface area contributed by atoms with Gasteiger partial charge < -0.3 is 4.55 Å². The smallest absolute Gasteiger partial charge is 0.119 e. The van der Waals surface area contributed by atoms with Gasteiger partial charge in [0.15, 0.2) is 0 Å². The molecule has 1 heterocycles. The second-order valence-electron chi connectivity index (χ2n) is 4.19. The Kier molecular flexibility index (Phi) is 5.60. The van der Waals surface area contributed by atoms with E-state index in [4.69, 9.17) is 0 Å². The first-order chi connectivity index (χ1) is 6.18. The average molecular weight is 220 g/mol. The van der Waals surface area contributed by atoms with E-state index in [0.717, 1.165) is 11.7 Å². The fourth-order valence-corrected chi connectivity index (χ4v) is 5.16. The highest BCUT2D eigenvalue weighted by molar-refractivity contribution is 8.72. The Balaban J connectivity index is 1.94. The minimum Gasteiger partial charge on any atom is -0.605 e. The molecular weight excluding hydrogens is 200 g/mol. The van der Waals surface area contributed by atoms with E-state index in [1.54, 1.807) is 10.8 Å². The molecule has 0 N–H and O–H groups in total. The van der Waals surface area contributed by atoms with Crippen LogP contribution in [0.25, 0.3) is 0 Å². The van der Waals surface area contributed by atoms with Crippen molar-refractivity contribution in [2.24, 2.45) is 5.92 Å². The van der Waals surface area contributed by atoms with Crippen LogP contribution in [0, 0.1) is 5.92 Å². The summed E-state index contributed by atoms with van der Waals surface area (Å²) in [5.74, 6) is 1.77. The second-order valence-corrected chi connectivity index (χ2v) is 7.76. The van der Waals surface area contributed by atoms with E-state index in [1.165, 1.54) is 32.1 Å². The zero-order chi connectivity index (χ0) is 9.68. The molecule has 1 saturated heterocycles. The van der Waals surface area contributed by atoms with Crippen molar-refractivity contribution < 1.29 is 4.55 Å². The van der Waals surface area contributed by atoms with Gasteiger partial charge in [-0.1, -0.05) is 33.1 Å². The van der Waals surface area contributed by atoms with E-state index in [1.807, 2.05) is 0 Å². The van der Waals surface area contributed by atoms with Crippen molar-refractivity contribution in [2.45, 2.75) is 51.2 Å². The van der Waals surface area contributed by atoms with Crippen molar-refractivity contribution in [3.8, 4) is 0 Å². The third-order valence-corrected chi connectivity index (χ3v) is 5.90. The zero-order valence-electron chi connectivity index (χ0n) is 8.62. The summed E-state index contributed by atoms with van der Waals surface area (Å²) in [7, 11) is 1.15. The van der Waals surface area contributed by atoms with Gasteiger partial charge >= 0.3 is 0 Å². The quantitative estimate of drug-likeness (QED) is 0.403. The van der Waals surface area contributed by atoms with Crippen molar-refractivity contribution in [2.75, 3.05) is 5.75 Å². The Morgan fingerprint density at radius 1 is 1.46 bits per heavy atom. The van der Waals surface area contributed by atoms with Crippen LogP contribution in [-0.2, 0) is 10.2 Å². The Morgan fingerprint density at radius 3 is 2.77 bits per heavy atom. The van der Waals surface area contributed by atoms with E-state index in [2.05, 4.69) is 13.8 Å². The lowest BCUT2D eigenvalue weighted by Gasteiger charge is -2.06. The highest BCUT2D eigenvalue weighted by Gasteiger charge is 2.27. The van der Waals surface area contributed by atoms with Gasteiger partial charge in [-0.3, -0.25) is 0 Å². The first-order valence-corrected chi connectivity index (χ1v) is 7.95. The normalized spacial score (nSPS) is 28.6. The van der Waals surface area contributed by atoms with Crippen LogP contribution in [0.3, 0.4) is 0 Å². The summed E-state index contributed by atoms with van der Waals surface area (Å²) in [6, 6.07) is 0. The summed E-state index contributed by atoms with van der Waals surface area (Å²) < 4.78 is 11.1. The Bertz CT molecular complexity index is 139. The van der Waals surface area contributed by atoms with Crippen molar-refractivity contribution in [1.82, 2.24) is 0 Å². The van der Waals surface area contributed by atoms with Crippen LogP contribution in [0.5, 0.6) is 0 Å². The van der Waals surface area contributed by atoms with E-state index >= 15 is 0 Å².